The lowest BCUT2D eigenvalue weighted by Gasteiger charge is -2.11. The first-order valence-electron chi connectivity index (χ1n) is 5.30. The van der Waals surface area contributed by atoms with E-state index < -0.39 is 0 Å². The Bertz CT molecular complexity index is 588. The zero-order valence-corrected chi connectivity index (χ0v) is 13.4. The lowest BCUT2D eigenvalue weighted by Crippen LogP contribution is -2.00. The number of alkyl halides is 1. The summed E-state index contributed by atoms with van der Waals surface area (Å²) in [6.07, 6.45) is 0. The van der Waals surface area contributed by atoms with Gasteiger partial charge in [-0.1, -0.05) is 31.9 Å². The first kappa shape index (κ1) is 13.5. The summed E-state index contributed by atoms with van der Waals surface area (Å²) in [4.78, 5) is 9.05. The van der Waals surface area contributed by atoms with Gasteiger partial charge in [0.15, 0.2) is 0 Å². The third-order valence-corrected chi connectivity index (χ3v) is 3.47. The molecule has 0 saturated carbocycles. The van der Waals surface area contributed by atoms with Gasteiger partial charge in [-0.2, -0.15) is 0 Å². The fraction of sp³-hybridized carbons (Fsp3) is 0.333. The van der Waals surface area contributed by atoms with Crippen molar-refractivity contribution >= 4 is 42.9 Å². The van der Waals surface area contributed by atoms with Crippen LogP contribution in [-0.2, 0) is 0 Å². The minimum absolute atomic E-state index is 0.171. The second-order valence-corrected chi connectivity index (χ2v) is 6.01. The Morgan fingerprint density at radius 3 is 2.28 bits per heavy atom. The molecule has 6 heteroatoms. The van der Waals surface area contributed by atoms with Crippen LogP contribution in [0.4, 0.5) is 0 Å². The number of fused-ring (bicyclic) bond motifs is 1. The molecule has 18 heavy (non-hydrogen) atoms. The Balaban J connectivity index is 2.79. The summed E-state index contributed by atoms with van der Waals surface area (Å²) in [5.41, 5.74) is 2.62. The van der Waals surface area contributed by atoms with Crippen molar-refractivity contribution in [3.63, 3.8) is 0 Å². The number of benzene rings is 1. The van der Waals surface area contributed by atoms with Gasteiger partial charge < -0.3 is 9.47 Å². The average molecular weight is 376 g/mol. The van der Waals surface area contributed by atoms with E-state index in [1.807, 2.05) is 19.1 Å². The van der Waals surface area contributed by atoms with Crippen LogP contribution in [0.15, 0.2) is 16.6 Å². The summed E-state index contributed by atoms with van der Waals surface area (Å²) in [7, 11) is 3.10. The van der Waals surface area contributed by atoms with Crippen molar-refractivity contribution in [1.29, 1.82) is 0 Å². The molecule has 1 atom stereocenters. The zero-order valence-electron chi connectivity index (χ0n) is 10.2. The van der Waals surface area contributed by atoms with Crippen LogP contribution in [0.25, 0.3) is 11.0 Å². The van der Waals surface area contributed by atoms with Crippen molar-refractivity contribution in [3.05, 3.63) is 22.2 Å². The van der Waals surface area contributed by atoms with Crippen LogP contribution in [-0.4, -0.2) is 24.2 Å². The standard InChI is InChI=1S/C12H12Br2N2O2/c1-6(13)8-4-7(14)5-9-10(8)16-12(18-3)11(15-9)17-2/h4-6H,1-3H3. The Hall–Kier alpha value is -0.880. The van der Waals surface area contributed by atoms with E-state index in [0.717, 1.165) is 21.1 Å². The lowest BCUT2D eigenvalue weighted by molar-refractivity contribution is 0.334. The molecule has 0 N–H and O–H groups in total. The minimum atomic E-state index is 0.171. The number of hydrogen-bond acceptors (Lipinski definition) is 4. The Kier molecular flexibility index (Phi) is 4.07. The van der Waals surface area contributed by atoms with Gasteiger partial charge in [-0.3, -0.25) is 0 Å². The molecule has 4 nitrogen and oxygen atoms in total. The summed E-state index contributed by atoms with van der Waals surface area (Å²) in [5, 5.41) is 0. The molecule has 0 fully saturated rings. The molecule has 2 rings (SSSR count). The van der Waals surface area contributed by atoms with Crippen LogP contribution >= 0.6 is 31.9 Å². The van der Waals surface area contributed by atoms with Crippen LogP contribution in [0.3, 0.4) is 0 Å². The highest BCUT2D eigenvalue weighted by atomic mass is 79.9. The predicted octanol–water partition coefficient (Wildman–Crippen LogP) is 3.87. The smallest absolute Gasteiger partial charge is 0.278 e. The monoisotopic (exact) mass is 374 g/mol. The normalized spacial score (nSPS) is 12.5. The number of aromatic nitrogens is 2. The van der Waals surface area contributed by atoms with Gasteiger partial charge in [-0.15, -0.1) is 0 Å². The van der Waals surface area contributed by atoms with E-state index in [1.54, 1.807) is 14.2 Å². The molecular weight excluding hydrogens is 364 g/mol. The van der Waals surface area contributed by atoms with Crippen LogP contribution in [0.2, 0.25) is 0 Å². The number of halogens is 2. The van der Waals surface area contributed by atoms with Crippen LogP contribution in [0.5, 0.6) is 11.8 Å². The zero-order chi connectivity index (χ0) is 13.3. The van der Waals surface area contributed by atoms with Gasteiger partial charge in [0.2, 0.25) is 0 Å². The molecule has 1 aromatic carbocycles. The van der Waals surface area contributed by atoms with E-state index in [0.29, 0.717) is 11.8 Å². The maximum atomic E-state index is 5.18. The molecule has 0 amide bonds. The lowest BCUT2D eigenvalue weighted by atomic mass is 10.1. The van der Waals surface area contributed by atoms with E-state index in [9.17, 15) is 0 Å². The number of nitrogens with zero attached hydrogens (tertiary/aromatic N) is 2. The summed E-state index contributed by atoms with van der Waals surface area (Å²) >= 11 is 7.03. The van der Waals surface area contributed by atoms with E-state index >= 15 is 0 Å². The van der Waals surface area contributed by atoms with E-state index in [1.165, 1.54) is 0 Å². The SMILES string of the molecule is COc1nc2cc(Br)cc(C(C)Br)c2nc1OC. The van der Waals surface area contributed by atoms with Gasteiger partial charge >= 0.3 is 0 Å². The van der Waals surface area contributed by atoms with Crippen molar-refractivity contribution in [2.45, 2.75) is 11.8 Å². The Morgan fingerprint density at radius 1 is 1.11 bits per heavy atom. The molecule has 0 radical (unpaired) electrons. The fourth-order valence-corrected chi connectivity index (χ4v) is 2.50. The summed E-state index contributed by atoms with van der Waals surface area (Å²) in [6.45, 7) is 2.04. The molecule has 0 bridgehead atoms. The molecule has 0 saturated heterocycles. The van der Waals surface area contributed by atoms with E-state index in [-0.39, 0.29) is 4.83 Å². The molecule has 2 aromatic rings. The second kappa shape index (κ2) is 5.40. The van der Waals surface area contributed by atoms with Gasteiger partial charge in [0.1, 0.15) is 0 Å². The van der Waals surface area contributed by atoms with Gasteiger partial charge in [0.25, 0.3) is 11.8 Å². The third-order valence-electron chi connectivity index (χ3n) is 2.52. The molecular formula is C12H12Br2N2O2. The molecule has 0 spiro atoms. The first-order chi connectivity index (χ1) is 8.56. The highest BCUT2D eigenvalue weighted by molar-refractivity contribution is 9.10. The first-order valence-corrected chi connectivity index (χ1v) is 7.01. The molecule has 0 aliphatic heterocycles. The molecule has 0 aliphatic rings. The number of hydrogen-bond donors (Lipinski definition) is 0. The van der Waals surface area contributed by atoms with Gasteiger partial charge in [0, 0.05) is 9.30 Å². The highest BCUT2D eigenvalue weighted by Crippen LogP contribution is 2.34. The Labute approximate surface area is 122 Å². The highest BCUT2D eigenvalue weighted by Gasteiger charge is 2.15. The van der Waals surface area contributed by atoms with E-state index in [2.05, 4.69) is 41.8 Å². The number of ether oxygens (including phenoxy) is 2. The van der Waals surface area contributed by atoms with Crippen molar-refractivity contribution in [3.8, 4) is 11.8 Å². The number of methoxy groups -OCH3 is 2. The second-order valence-electron chi connectivity index (χ2n) is 3.72. The van der Waals surface area contributed by atoms with Crippen molar-refractivity contribution < 1.29 is 9.47 Å². The van der Waals surface area contributed by atoms with Gasteiger partial charge in [-0.05, 0) is 24.6 Å². The molecule has 0 aliphatic carbocycles. The number of rotatable bonds is 3. The van der Waals surface area contributed by atoms with Crippen molar-refractivity contribution in [2.75, 3.05) is 14.2 Å². The predicted molar refractivity (Wildman–Crippen MR) is 77.7 cm³/mol. The summed E-state index contributed by atoms with van der Waals surface area (Å²) < 4.78 is 11.3. The van der Waals surface area contributed by atoms with E-state index in [4.69, 9.17) is 9.47 Å². The fourth-order valence-electron chi connectivity index (χ4n) is 1.69. The maximum Gasteiger partial charge on any atom is 0.278 e. The summed E-state index contributed by atoms with van der Waals surface area (Å²) in [6, 6.07) is 3.92. The van der Waals surface area contributed by atoms with Crippen molar-refractivity contribution in [1.82, 2.24) is 9.97 Å². The topological polar surface area (TPSA) is 44.2 Å². The minimum Gasteiger partial charge on any atom is -0.477 e. The molecule has 1 unspecified atom stereocenters. The van der Waals surface area contributed by atoms with Crippen LogP contribution in [0.1, 0.15) is 17.3 Å². The van der Waals surface area contributed by atoms with Gasteiger partial charge in [0.05, 0.1) is 25.3 Å². The average Bonchev–Trinajstić information content (AvgIpc) is 2.35. The quantitative estimate of drug-likeness (QED) is 0.764. The van der Waals surface area contributed by atoms with Crippen LogP contribution < -0.4 is 9.47 Å². The van der Waals surface area contributed by atoms with Crippen LogP contribution in [0, 0.1) is 0 Å². The molecule has 96 valence electrons. The Morgan fingerprint density at radius 2 is 1.72 bits per heavy atom. The largest absolute Gasteiger partial charge is 0.477 e. The van der Waals surface area contributed by atoms with Gasteiger partial charge in [-0.25, -0.2) is 9.97 Å². The summed E-state index contributed by atoms with van der Waals surface area (Å²) in [5.74, 6) is 0.776. The molecule has 1 heterocycles. The maximum absolute atomic E-state index is 5.18. The third kappa shape index (κ3) is 2.44. The van der Waals surface area contributed by atoms with Crippen molar-refractivity contribution in [2.24, 2.45) is 0 Å². The molecule has 1 aromatic heterocycles.